The van der Waals surface area contributed by atoms with Gasteiger partial charge in [0, 0.05) is 0 Å². The van der Waals surface area contributed by atoms with Crippen LogP contribution in [-0.4, -0.2) is 29.5 Å². The molecule has 0 saturated heterocycles. The van der Waals surface area contributed by atoms with Crippen LogP contribution in [0.1, 0.15) is 50.2 Å². The molecule has 108 valence electrons. The second-order valence-electron chi connectivity index (χ2n) is 5.07. The second kappa shape index (κ2) is 8.18. The highest BCUT2D eigenvalue weighted by atomic mass is 16.5. The summed E-state index contributed by atoms with van der Waals surface area (Å²) in [5.74, 6) is 1.12. The third-order valence-electron chi connectivity index (χ3n) is 3.33. The van der Waals surface area contributed by atoms with E-state index in [1.165, 1.54) is 5.56 Å². The van der Waals surface area contributed by atoms with Gasteiger partial charge in [-0.05, 0) is 43.7 Å². The Hall–Kier alpha value is -1.06. The van der Waals surface area contributed by atoms with Crippen molar-refractivity contribution >= 4 is 0 Å². The monoisotopic (exact) mass is 266 g/mol. The Morgan fingerprint density at radius 1 is 1.26 bits per heavy atom. The molecule has 0 heterocycles. The van der Waals surface area contributed by atoms with Crippen LogP contribution in [0, 0.1) is 6.92 Å². The molecule has 0 aliphatic heterocycles. The molecule has 0 amide bonds. The third kappa shape index (κ3) is 4.84. The van der Waals surface area contributed by atoms with E-state index in [1.807, 2.05) is 12.1 Å². The largest absolute Gasteiger partial charge is 0.493 e. The number of benzene rings is 1. The zero-order chi connectivity index (χ0) is 14.3. The van der Waals surface area contributed by atoms with E-state index in [1.54, 1.807) is 0 Å². The van der Waals surface area contributed by atoms with E-state index < -0.39 is 6.10 Å². The minimum atomic E-state index is -0.663. The van der Waals surface area contributed by atoms with Crippen LogP contribution in [-0.2, 0) is 0 Å². The lowest BCUT2D eigenvalue weighted by Crippen LogP contribution is -2.17. The standard InChI is InChI=1S/C16H26O3/c1-4-8-19-16-7-6-12(3)9-15(16)13(5-2)10-14(18)11-17/h6-7,9,13-14,17-18H,4-5,8,10-11H2,1-3H3. The highest BCUT2D eigenvalue weighted by molar-refractivity contribution is 5.39. The summed E-state index contributed by atoms with van der Waals surface area (Å²) in [7, 11) is 0. The minimum absolute atomic E-state index is 0.187. The predicted octanol–water partition coefficient (Wildman–Crippen LogP) is 3.02. The van der Waals surface area contributed by atoms with Crippen LogP contribution >= 0.6 is 0 Å². The fourth-order valence-corrected chi connectivity index (χ4v) is 2.25. The lowest BCUT2D eigenvalue weighted by atomic mass is 9.89. The van der Waals surface area contributed by atoms with E-state index in [-0.39, 0.29) is 12.5 Å². The lowest BCUT2D eigenvalue weighted by molar-refractivity contribution is 0.0814. The summed E-state index contributed by atoms with van der Waals surface area (Å²) in [4.78, 5) is 0. The predicted molar refractivity (Wildman–Crippen MR) is 77.7 cm³/mol. The summed E-state index contributed by atoms with van der Waals surface area (Å²) in [6.07, 6.45) is 1.80. The fourth-order valence-electron chi connectivity index (χ4n) is 2.25. The molecule has 2 unspecified atom stereocenters. The molecule has 0 fully saturated rings. The number of hydrogen-bond acceptors (Lipinski definition) is 3. The van der Waals surface area contributed by atoms with Crippen LogP contribution in [0.25, 0.3) is 0 Å². The molecule has 0 saturated carbocycles. The molecule has 1 rings (SSSR count). The maximum absolute atomic E-state index is 9.67. The molecule has 1 aromatic rings. The first-order chi connectivity index (χ1) is 9.12. The van der Waals surface area contributed by atoms with Gasteiger partial charge in [-0.2, -0.15) is 0 Å². The summed E-state index contributed by atoms with van der Waals surface area (Å²) >= 11 is 0. The smallest absolute Gasteiger partial charge is 0.122 e. The first-order valence-corrected chi connectivity index (χ1v) is 7.14. The molecule has 0 bridgehead atoms. The molecule has 0 aromatic heterocycles. The second-order valence-corrected chi connectivity index (χ2v) is 5.07. The Morgan fingerprint density at radius 3 is 2.58 bits per heavy atom. The average molecular weight is 266 g/mol. The Labute approximate surface area is 116 Å². The van der Waals surface area contributed by atoms with Crippen LogP contribution in [0.3, 0.4) is 0 Å². The van der Waals surface area contributed by atoms with E-state index >= 15 is 0 Å². The van der Waals surface area contributed by atoms with Crippen LogP contribution in [0.15, 0.2) is 18.2 Å². The SMILES string of the molecule is CCCOc1ccc(C)cc1C(CC)CC(O)CO. The molecule has 0 aliphatic carbocycles. The van der Waals surface area contributed by atoms with Gasteiger partial charge in [-0.15, -0.1) is 0 Å². The number of rotatable bonds is 8. The molecule has 2 atom stereocenters. The molecular weight excluding hydrogens is 240 g/mol. The summed E-state index contributed by atoms with van der Waals surface area (Å²) in [6.45, 7) is 6.76. The maximum Gasteiger partial charge on any atom is 0.122 e. The molecule has 0 aliphatic rings. The zero-order valence-electron chi connectivity index (χ0n) is 12.2. The molecular formula is C16H26O3. The van der Waals surface area contributed by atoms with Crippen molar-refractivity contribution in [3.8, 4) is 5.75 Å². The van der Waals surface area contributed by atoms with E-state index in [4.69, 9.17) is 9.84 Å². The van der Waals surface area contributed by atoms with Crippen molar-refractivity contribution in [3.63, 3.8) is 0 Å². The van der Waals surface area contributed by atoms with E-state index in [2.05, 4.69) is 26.8 Å². The Morgan fingerprint density at radius 2 is 2.00 bits per heavy atom. The van der Waals surface area contributed by atoms with E-state index in [0.717, 1.165) is 24.2 Å². The van der Waals surface area contributed by atoms with Gasteiger partial charge >= 0.3 is 0 Å². The summed E-state index contributed by atoms with van der Waals surface area (Å²) in [5.41, 5.74) is 2.33. The molecule has 0 radical (unpaired) electrons. The van der Waals surface area contributed by atoms with E-state index in [9.17, 15) is 5.11 Å². The first-order valence-electron chi connectivity index (χ1n) is 7.14. The van der Waals surface area contributed by atoms with Gasteiger partial charge in [-0.3, -0.25) is 0 Å². The van der Waals surface area contributed by atoms with Crippen molar-refractivity contribution in [2.45, 2.75) is 52.1 Å². The Balaban J connectivity index is 2.95. The van der Waals surface area contributed by atoms with Crippen molar-refractivity contribution in [2.75, 3.05) is 13.2 Å². The highest BCUT2D eigenvalue weighted by Gasteiger charge is 2.18. The third-order valence-corrected chi connectivity index (χ3v) is 3.33. The lowest BCUT2D eigenvalue weighted by Gasteiger charge is -2.21. The van der Waals surface area contributed by atoms with Crippen LogP contribution in [0.4, 0.5) is 0 Å². The van der Waals surface area contributed by atoms with Crippen molar-refractivity contribution in [3.05, 3.63) is 29.3 Å². The van der Waals surface area contributed by atoms with Crippen molar-refractivity contribution < 1.29 is 14.9 Å². The van der Waals surface area contributed by atoms with Crippen LogP contribution < -0.4 is 4.74 Å². The summed E-state index contributed by atoms with van der Waals surface area (Å²) < 4.78 is 5.80. The summed E-state index contributed by atoms with van der Waals surface area (Å²) in [6, 6.07) is 6.18. The number of aliphatic hydroxyl groups excluding tert-OH is 2. The van der Waals surface area contributed by atoms with Gasteiger partial charge in [0.05, 0.1) is 19.3 Å². The van der Waals surface area contributed by atoms with Gasteiger partial charge in [0.25, 0.3) is 0 Å². The number of aryl methyl sites for hydroxylation is 1. The Kier molecular flexibility index (Phi) is 6.89. The number of ether oxygens (including phenoxy) is 1. The van der Waals surface area contributed by atoms with Crippen molar-refractivity contribution in [2.24, 2.45) is 0 Å². The summed E-state index contributed by atoms with van der Waals surface area (Å²) in [5, 5.41) is 18.7. The van der Waals surface area contributed by atoms with Gasteiger partial charge in [0.15, 0.2) is 0 Å². The maximum atomic E-state index is 9.67. The molecule has 3 nitrogen and oxygen atoms in total. The molecule has 2 N–H and O–H groups in total. The molecule has 0 spiro atoms. The van der Waals surface area contributed by atoms with E-state index in [0.29, 0.717) is 13.0 Å². The van der Waals surface area contributed by atoms with Gasteiger partial charge in [0.2, 0.25) is 0 Å². The minimum Gasteiger partial charge on any atom is -0.493 e. The highest BCUT2D eigenvalue weighted by Crippen LogP contribution is 2.33. The first kappa shape index (κ1) is 16.0. The van der Waals surface area contributed by atoms with Gasteiger partial charge in [0.1, 0.15) is 5.75 Å². The molecule has 3 heteroatoms. The molecule has 1 aromatic carbocycles. The zero-order valence-corrected chi connectivity index (χ0v) is 12.2. The van der Waals surface area contributed by atoms with Crippen LogP contribution in [0.2, 0.25) is 0 Å². The molecule has 19 heavy (non-hydrogen) atoms. The quantitative estimate of drug-likeness (QED) is 0.760. The average Bonchev–Trinajstić information content (AvgIpc) is 2.43. The van der Waals surface area contributed by atoms with Gasteiger partial charge < -0.3 is 14.9 Å². The van der Waals surface area contributed by atoms with Crippen molar-refractivity contribution in [1.29, 1.82) is 0 Å². The Bertz CT molecular complexity index is 376. The number of hydrogen-bond donors (Lipinski definition) is 2. The van der Waals surface area contributed by atoms with Gasteiger partial charge in [-0.25, -0.2) is 0 Å². The van der Waals surface area contributed by atoms with Crippen LogP contribution in [0.5, 0.6) is 5.75 Å². The normalized spacial score (nSPS) is 14.2. The van der Waals surface area contributed by atoms with Crippen molar-refractivity contribution in [1.82, 2.24) is 0 Å². The number of aliphatic hydroxyl groups is 2. The van der Waals surface area contributed by atoms with Gasteiger partial charge in [-0.1, -0.05) is 31.5 Å². The fraction of sp³-hybridized carbons (Fsp3) is 0.625. The topological polar surface area (TPSA) is 49.7 Å².